The molecule has 1 aliphatic carbocycles. The van der Waals surface area contributed by atoms with Gasteiger partial charge in [-0.05, 0) is 31.9 Å². The fraction of sp³-hybridized carbons (Fsp3) is 0.538. The Morgan fingerprint density at radius 1 is 1.35 bits per heavy atom. The van der Waals surface area contributed by atoms with Crippen molar-refractivity contribution < 1.29 is 18.4 Å². The van der Waals surface area contributed by atoms with Gasteiger partial charge in [0.1, 0.15) is 6.10 Å². The summed E-state index contributed by atoms with van der Waals surface area (Å²) in [4.78, 5) is 10.1. The quantitative estimate of drug-likeness (QED) is 0.682. The molecule has 20 heavy (non-hydrogen) atoms. The highest BCUT2D eigenvalue weighted by Gasteiger charge is 2.31. The molecule has 0 aliphatic heterocycles. The van der Waals surface area contributed by atoms with Gasteiger partial charge in [-0.2, -0.15) is 4.39 Å². The maximum atomic E-state index is 13.8. The van der Waals surface area contributed by atoms with Crippen LogP contribution < -0.4 is 10.5 Å². The van der Waals surface area contributed by atoms with Crippen LogP contribution in [0.4, 0.5) is 14.5 Å². The Bertz CT molecular complexity index is 511. The van der Waals surface area contributed by atoms with Crippen molar-refractivity contribution in [3.63, 3.8) is 0 Å². The van der Waals surface area contributed by atoms with E-state index < -0.39 is 34.1 Å². The Kier molecular flexibility index (Phi) is 4.49. The topological polar surface area (TPSA) is 78.4 Å². The first kappa shape index (κ1) is 14.6. The molecule has 0 radical (unpaired) electrons. The van der Waals surface area contributed by atoms with E-state index in [0.29, 0.717) is 13.0 Å². The number of nitrogens with zero attached hydrogens (tertiary/aromatic N) is 1. The number of nitrogens with two attached hydrogens (primary N) is 1. The number of benzene rings is 1. The average molecular weight is 286 g/mol. The van der Waals surface area contributed by atoms with E-state index in [0.717, 1.165) is 31.4 Å². The molecule has 1 aliphatic rings. The molecule has 0 spiro atoms. The van der Waals surface area contributed by atoms with E-state index in [9.17, 15) is 18.9 Å². The van der Waals surface area contributed by atoms with Crippen molar-refractivity contribution in [1.29, 1.82) is 0 Å². The maximum absolute atomic E-state index is 13.8. The van der Waals surface area contributed by atoms with E-state index in [1.807, 2.05) is 0 Å². The molecule has 0 amide bonds. The van der Waals surface area contributed by atoms with Gasteiger partial charge in [0, 0.05) is 12.0 Å². The van der Waals surface area contributed by atoms with Crippen LogP contribution in [-0.4, -0.2) is 17.6 Å². The minimum atomic E-state index is -1.32. The summed E-state index contributed by atoms with van der Waals surface area (Å²) in [6, 6.07) is 1.63. The third-order valence-electron chi connectivity index (χ3n) is 3.64. The second-order valence-electron chi connectivity index (χ2n) is 4.90. The van der Waals surface area contributed by atoms with Crippen LogP contribution in [0.25, 0.3) is 0 Å². The van der Waals surface area contributed by atoms with Crippen LogP contribution in [0.5, 0.6) is 5.75 Å². The van der Waals surface area contributed by atoms with Gasteiger partial charge in [-0.1, -0.05) is 6.42 Å². The summed E-state index contributed by atoms with van der Waals surface area (Å²) in [6.45, 7) is 0.357. The number of hydrogen-bond acceptors (Lipinski definition) is 4. The first-order valence-electron chi connectivity index (χ1n) is 6.53. The number of hydrogen-bond donors (Lipinski definition) is 1. The van der Waals surface area contributed by atoms with Crippen molar-refractivity contribution in [2.45, 2.75) is 31.8 Å². The molecule has 0 aromatic heterocycles. The number of halogens is 2. The Hall–Kier alpha value is -1.76. The third kappa shape index (κ3) is 2.87. The molecule has 2 rings (SSSR count). The van der Waals surface area contributed by atoms with E-state index in [2.05, 4.69) is 0 Å². The zero-order valence-electron chi connectivity index (χ0n) is 10.9. The predicted octanol–water partition coefficient (Wildman–Crippen LogP) is 2.77. The van der Waals surface area contributed by atoms with Gasteiger partial charge in [-0.3, -0.25) is 10.1 Å². The third-order valence-corrected chi connectivity index (χ3v) is 3.64. The zero-order chi connectivity index (χ0) is 14.7. The average Bonchev–Trinajstić information content (AvgIpc) is 2.44. The molecular weight excluding hydrogens is 270 g/mol. The van der Waals surface area contributed by atoms with Crippen molar-refractivity contribution in [3.05, 3.63) is 33.9 Å². The number of rotatable bonds is 4. The van der Waals surface area contributed by atoms with Crippen molar-refractivity contribution in [2.75, 3.05) is 6.54 Å². The highest BCUT2D eigenvalue weighted by Crippen LogP contribution is 2.35. The highest BCUT2D eigenvalue weighted by atomic mass is 19.2. The largest absolute Gasteiger partial charge is 0.481 e. The lowest BCUT2D eigenvalue weighted by molar-refractivity contribution is -0.386. The van der Waals surface area contributed by atoms with E-state index in [4.69, 9.17) is 10.5 Å². The van der Waals surface area contributed by atoms with Crippen LogP contribution in [0.2, 0.25) is 0 Å². The van der Waals surface area contributed by atoms with Gasteiger partial charge >= 0.3 is 5.69 Å². The lowest BCUT2D eigenvalue weighted by atomic mass is 9.86. The summed E-state index contributed by atoms with van der Waals surface area (Å²) in [7, 11) is 0. The van der Waals surface area contributed by atoms with Gasteiger partial charge < -0.3 is 10.5 Å². The molecule has 2 N–H and O–H groups in total. The van der Waals surface area contributed by atoms with Crippen molar-refractivity contribution in [1.82, 2.24) is 0 Å². The second kappa shape index (κ2) is 6.13. The Morgan fingerprint density at radius 2 is 2.05 bits per heavy atom. The summed E-state index contributed by atoms with van der Waals surface area (Å²) < 4.78 is 32.5. The summed E-state index contributed by atoms with van der Waals surface area (Å²) >= 11 is 0. The van der Waals surface area contributed by atoms with Crippen molar-refractivity contribution in [2.24, 2.45) is 11.7 Å². The molecule has 2 unspecified atom stereocenters. The molecule has 0 saturated heterocycles. The van der Waals surface area contributed by atoms with E-state index in [-0.39, 0.29) is 5.92 Å². The summed E-state index contributed by atoms with van der Waals surface area (Å²) in [5.74, 6) is -3.10. The molecule has 1 fully saturated rings. The van der Waals surface area contributed by atoms with Crippen LogP contribution in [0.15, 0.2) is 12.1 Å². The van der Waals surface area contributed by atoms with Gasteiger partial charge in [-0.15, -0.1) is 0 Å². The van der Waals surface area contributed by atoms with Crippen molar-refractivity contribution in [3.8, 4) is 5.75 Å². The standard InChI is InChI=1S/C13H16F2N2O3/c14-9-5-6-10(17(18)19)13(12(9)15)20-11-4-2-1-3-8(11)7-16/h5-6,8,11H,1-4,7,16H2. The summed E-state index contributed by atoms with van der Waals surface area (Å²) in [6.07, 6.45) is 2.92. The molecule has 2 atom stereocenters. The smallest absolute Gasteiger partial charge is 0.314 e. The van der Waals surface area contributed by atoms with E-state index in [1.165, 1.54) is 0 Å². The first-order chi connectivity index (χ1) is 9.54. The van der Waals surface area contributed by atoms with Gasteiger partial charge in [0.15, 0.2) is 5.82 Å². The van der Waals surface area contributed by atoms with Gasteiger partial charge in [0.25, 0.3) is 0 Å². The summed E-state index contributed by atoms with van der Waals surface area (Å²) in [5, 5.41) is 10.9. The second-order valence-corrected chi connectivity index (χ2v) is 4.90. The maximum Gasteiger partial charge on any atom is 0.314 e. The Balaban J connectivity index is 2.31. The summed E-state index contributed by atoms with van der Waals surface area (Å²) in [5.41, 5.74) is 5.07. The van der Waals surface area contributed by atoms with Crippen LogP contribution in [0, 0.1) is 27.7 Å². The molecule has 1 aromatic rings. The van der Waals surface area contributed by atoms with Gasteiger partial charge in [0.2, 0.25) is 11.6 Å². The van der Waals surface area contributed by atoms with Crippen LogP contribution in [-0.2, 0) is 0 Å². The van der Waals surface area contributed by atoms with Crippen LogP contribution in [0.3, 0.4) is 0 Å². The molecular formula is C13H16F2N2O3. The van der Waals surface area contributed by atoms with Crippen molar-refractivity contribution >= 4 is 5.69 Å². The molecule has 1 saturated carbocycles. The normalized spacial score (nSPS) is 22.6. The molecule has 1 aromatic carbocycles. The minimum Gasteiger partial charge on any atom is -0.481 e. The lowest BCUT2D eigenvalue weighted by Crippen LogP contribution is -2.35. The number of nitro benzene ring substituents is 1. The number of nitro groups is 1. The van der Waals surface area contributed by atoms with E-state index in [1.54, 1.807) is 0 Å². The lowest BCUT2D eigenvalue weighted by Gasteiger charge is -2.30. The molecule has 5 nitrogen and oxygen atoms in total. The fourth-order valence-electron chi connectivity index (χ4n) is 2.53. The monoisotopic (exact) mass is 286 g/mol. The fourth-order valence-corrected chi connectivity index (χ4v) is 2.53. The van der Waals surface area contributed by atoms with Gasteiger partial charge in [0.05, 0.1) is 4.92 Å². The first-order valence-corrected chi connectivity index (χ1v) is 6.53. The van der Waals surface area contributed by atoms with E-state index >= 15 is 0 Å². The molecule has 7 heteroatoms. The Morgan fingerprint density at radius 3 is 2.70 bits per heavy atom. The predicted molar refractivity (Wildman–Crippen MR) is 68.4 cm³/mol. The van der Waals surface area contributed by atoms with Crippen LogP contribution >= 0.6 is 0 Å². The van der Waals surface area contributed by atoms with Gasteiger partial charge in [-0.25, -0.2) is 4.39 Å². The molecule has 110 valence electrons. The minimum absolute atomic E-state index is 0.00558. The van der Waals surface area contributed by atoms with Crippen LogP contribution in [0.1, 0.15) is 25.7 Å². The molecule has 0 bridgehead atoms. The SMILES string of the molecule is NCC1CCCCC1Oc1c([N+](=O)[O-])ccc(F)c1F. The highest BCUT2D eigenvalue weighted by molar-refractivity contribution is 5.47. The Labute approximate surface area is 114 Å². The molecule has 0 heterocycles. The number of ether oxygens (including phenoxy) is 1. The zero-order valence-corrected chi connectivity index (χ0v) is 10.9.